The number of benzene rings is 2. The Labute approximate surface area is 190 Å². The molecule has 1 N–H and O–H groups in total. The van der Waals surface area contributed by atoms with Crippen LogP contribution >= 0.6 is 0 Å². The molecule has 2 heterocycles. The largest absolute Gasteiger partial charge is 0.441 e. The van der Waals surface area contributed by atoms with Gasteiger partial charge in [-0.2, -0.15) is 0 Å². The van der Waals surface area contributed by atoms with Crippen LogP contribution in [0.15, 0.2) is 82.4 Å². The number of carbonyl (C=O) groups excluding carboxylic acids is 1. The Kier molecular flexibility index (Phi) is 6.32. The summed E-state index contributed by atoms with van der Waals surface area (Å²) in [6, 6.07) is 15.0. The first kappa shape index (κ1) is 22.3. The Morgan fingerprint density at radius 1 is 1.06 bits per heavy atom. The number of halogens is 1. The third-order valence-corrected chi connectivity index (χ3v) is 6.61. The maximum Gasteiger partial charge on any atom is 0.251 e. The zero-order valence-corrected chi connectivity index (χ0v) is 18.5. The van der Waals surface area contributed by atoms with Crippen molar-refractivity contribution in [1.82, 2.24) is 15.3 Å². The zero-order chi connectivity index (χ0) is 23.4. The van der Waals surface area contributed by atoms with Gasteiger partial charge in [0.2, 0.25) is 5.89 Å². The van der Waals surface area contributed by atoms with Crippen LogP contribution in [-0.2, 0) is 22.1 Å². The third-order valence-electron chi connectivity index (χ3n) is 4.96. The monoisotopic (exact) mass is 465 g/mol. The predicted octanol–water partition coefficient (Wildman–Crippen LogP) is 4.09. The molecule has 168 valence electrons. The standard InChI is InChI=1S/C24H20FN3O4S/c1-16-22(15-33(30,31)21-10-8-20(25)9-11-21)28-24(32-16)19-6-4-18(5-7-19)23(29)27-14-17-3-2-12-26-13-17/h2-13H,14-15H2,1H3,(H,27,29). The van der Waals surface area contributed by atoms with Crippen molar-refractivity contribution < 1.29 is 22.0 Å². The summed E-state index contributed by atoms with van der Waals surface area (Å²) in [5, 5.41) is 2.82. The summed E-state index contributed by atoms with van der Waals surface area (Å²) < 4.78 is 44.1. The van der Waals surface area contributed by atoms with E-state index in [1.807, 2.05) is 6.07 Å². The van der Waals surface area contributed by atoms with Gasteiger partial charge in [-0.05, 0) is 67.1 Å². The van der Waals surface area contributed by atoms with Gasteiger partial charge in [-0.25, -0.2) is 17.8 Å². The molecule has 0 unspecified atom stereocenters. The van der Waals surface area contributed by atoms with Crippen molar-refractivity contribution in [3.63, 3.8) is 0 Å². The van der Waals surface area contributed by atoms with Crippen LogP contribution in [0.5, 0.6) is 0 Å². The Morgan fingerprint density at radius 2 is 1.79 bits per heavy atom. The van der Waals surface area contributed by atoms with E-state index in [0.29, 0.717) is 23.4 Å². The number of nitrogens with zero attached hydrogens (tertiary/aromatic N) is 2. The minimum atomic E-state index is -3.72. The second-order valence-corrected chi connectivity index (χ2v) is 9.35. The lowest BCUT2D eigenvalue weighted by Crippen LogP contribution is -2.22. The molecule has 33 heavy (non-hydrogen) atoms. The summed E-state index contributed by atoms with van der Waals surface area (Å²) in [5.74, 6) is -0.501. The maximum atomic E-state index is 13.1. The quantitative estimate of drug-likeness (QED) is 0.413. The fraction of sp³-hybridized carbons (Fsp3) is 0.125. The number of carbonyl (C=O) groups is 1. The van der Waals surface area contributed by atoms with E-state index in [4.69, 9.17) is 4.42 Å². The van der Waals surface area contributed by atoms with Crippen molar-refractivity contribution in [3.8, 4) is 11.5 Å². The summed E-state index contributed by atoms with van der Waals surface area (Å²) in [4.78, 5) is 20.7. The molecule has 4 aromatic rings. The minimum absolute atomic E-state index is 0.00880. The van der Waals surface area contributed by atoms with Gasteiger partial charge in [0.25, 0.3) is 5.91 Å². The molecule has 0 radical (unpaired) electrons. The average molecular weight is 466 g/mol. The van der Waals surface area contributed by atoms with Gasteiger partial charge in [0, 0.05) is 30.1 Å². The number of aromatic nitrogens is 2. The van der Waals surface area contributed by atoms with Crippen LogP contribution in [0.2, 0.25) is 0 Å². The Bertz CT molecular complexity index is 1370. The summed E-state index contributed by atoms with van der Waals surface area (Å²) in [6.07, 6.45) is 3.35. The second kappa shape index (κ2) is 9.33. The van der Waals surface area contributed by atoms with Gasteiger partial charge < -0.3 is 9.73 Å². The number of hydrogen-bond acceptors (Lipinski definition) is 6. The van der Waals surface area contributed by atoms with Crippen molar-refractivity contribution in [2.24, 2.45) is 0 Å². The number of pyridine rings is 1. The molecular weight excluding hydrogens is 445 g/mol. The van der Waals surface area contributed by atoms with Gasteiger partial charge in [0.05, 0.1) is 10.6 Å². The Morgan fingerprint density at radius 3 is 2.45 bits per heavy atom. The van der Waals surface area contributed by atoms with Gasteiger partial charge in [0.15, 0.2) is 9.84 Å². The first-order valence-corrected chi connectivity index (χ1v) is 11.7. The normalized spacial score (nSPS) is 11.3. The first-order valence-electron chi connectivity index (χ1n) is 10.0. The number of sulfone groups is 1. The van der Waals surface area contributed by atoms with Gasteiger partial charge in [0.1, 0.15) is 17.3 Å². The van der Waals surface area contributed by atoms with E-state index in [1.165, 1.54) is 12.1 Å². The summed E-state index contributed by atoms with van der Waals surface area (Å²) in [5.41, 5.74) is 2.23. The molecule has 9 heteroatoms. The molecule has 4 rings (SSSR count). The molecule has 0 aliphatic heterocycles. The fourth-order valence-electron chi connectivity index (χ4n) is 3.14. The molecule has 0 saturated heterocycles. The highest BCUT2D eigenvalue weighted by molar-refractivity contribution is 7.90. The highest BCUT2D eigenvalue weighted by Gasteiger charge is 2.21. The van der Waals surface area contributed by atoms with Crippen molar-refractivity contribution in [1.29, 1.82) is 0 Å². The molecule has 7 nitrogen and oxygen atoms in total. The summed E-state index contributed by atoms with van der Waals surface area (Å²) in [6.45, 7) is 1.99. The lowest BCUT2D eigenvalue weighted by Gasteiger charge is -2.05. The van der Waals surface area contributed by atoms with Crippen LogP contribution in [0.3, 0.4) is 0 Å². The fourth-order valence-corrected chi connectivity index (χ4v) is 4.49. The summed E-state index contributed by atoms with van der Waals surface area (Å²) in [7, 11) is -3.72. The van der Waals surface area contributed by atoms with Gasteiger partial charge >= 0.3 is 0 Å². The van der Waals surface area contributed by atoms with Crippen molar-refractivity contribution in [3.05, 3.63) is 101 Å². The molecule has 1 amide bonds. The van der Waals surface area contributed by atoms with E-state index >= 15 is 0 Å². The van der Waals surface area contributed by atoms with Crippen LogP contribution in [-0.4, -0.2) is 24.3 Å². The molecule has 0 bridgehead atoms. The van der Waals surface area contributed by atoms with E-state index in [-0.39, 0.29) is 28.1 Å². The van der Waals surface area contributed by atoms with E-state index < -0.39 is 15.7 Å². The molecule has 0 atom stereocenters. The third kappa shape index (κ3) is 5.32. The van der Waals surface area contributed by atoms with Crippen LogP contribution < -0.4 is 5.32 Å². The lowest BCUT2D eigenvalue weighted by molar-refractivity contribution is 0.0951. The number of oxazole rings is 1. The molecular formula is C24H20FN3O4S. The molecule has 2 aromatic heterocycles. The van der Waals surface area contributed by atoms with Crippen LogP contribution in [0.4, 0.5) is 4.39 Å². The van der Waals surface area contributed by atoms with E-state index in [9.17, 15) is 17.6 Å². The minimum Gasteiger partial charge on any atom is -0.441 e. The van der Waals surface area contributed by atoms with Gasteiger partial charge in [-0.15, -0.1) is 0 Å². The Balaban J connectivity index is 1.46. The molecule has 0 aliphatic carbocycles. The highest BCUT2D eigenvalue weighted by Crippen LogP contribution is 2.25. The van der Waals surface area contributed by atoms with Crippen molar-refractivity contribution in [2.75, 3.05) is 0 Å². The molecule has 0 spiro atoms. The predicted molar refractivity (Wildman–Crippen MR) is 119 cm³/mol. The summed E-state index contributed by atoms with van der Waals surface area (Å²) >= 11 is 0. The van der Waals surface area contributed by atoms with E-state index in [1.54, 1.807) is 49.6 Å². The van der Waals surface area contributed by atoms with Crippen LogP contribution in [0.25, 0.3) is 11.5 Å². The van der Waals surface area contributed by atoms with Crippen LogP contribution in [0.1, 0.15) is 27.4 Å². The van der Waals surface area contributed by atoms with Gasteiger partial charge in [-0.3, -0.25) is 9.78 Å². The van der Waals surface area contributed by atoms with E-state index in [2.05, 4.69) is 15.3 Å². The molecule has 0 fully saturated rings. The lowest BCUT2D eigenvalue weighted by atomic mass is 10.1. The molecule has 0 aliphatic rings. The van der Waals surface area contributed by atoms with Crippen LogP contribution in [0, 0.1) is 12.7 Å². The Hall–Kier alpha value is -3.85. The number of amides is 1. The average Bonchev–Trinajstić information content (AvgIpc) is 3.18. The smallest absolute Gasteiger partial charge is 0.251 e. The number of rotatable bonds is 7. The highest BCUT2D eigenvalue weighted by atomic mass is 32.2. The van der Waals surface area contributed by atoms with Gasteiger partial charge in [-0.1, -0.05) is 6.07 Å². The van der Waals surface area contributed by atoms with Crippen molar-refractivity contribution >= 4 is 15.7 Å². The molecule has 2 aromatic carbocycles. The van der Waals surface area contributed by atoms with E-state index in [0.717, 1.165) is 17.7 Å². The topological polar surface area (TPSA) is 102 Å². The first-order chi connectivity index (χ1) is 15.8. The number of hydrogen-bond donors (Lipinski definition) is 1. The number of nitrogens with one attached hydrogen (secondary N) is 1. The number of aryl methyl sites for hydroxylation is 1. The zero-order valence-electron chi connectivity index (χ0n) is 17.7. The van der Waals surface area contributed by atoms with Crippen molar-refractivity contribution in [2.45, 2.75) is 24.1 Å². The molecule has 0 saturated carbocycles. The SMILES string of the molecule is Cc1oc(-c2ccc(C(=O)NCc3cccnc3)cc2)nc1CS(=O)(=O)c1ccc(F)cc1. The maximum absolute atomic E-state index is 13.1. The second-order valence-electron chi connectivity index (χ2n) is 7.36.